The van der Waals surface area contributed by atoms with Crippen LogP contribution in [0.3, 0.4) is 0 Å². The summed E-state index contributed by atoms with van der Waals surface area (Å²) < 4.78 is 25.5. The van der Waals surface area contributed by atoms with Gasteiger partial charge in [0.1, 0.15) is 0 Å². The first kappa shape index (κ1) is 14.8. The van der Waals surface area contributed by atoms with Gasteiger partial charge in [-0.2, -0.15) is 4.80 Å². The number of aliphatic carboxylic acids is 1. The van der Waals surface area contributed by atoms with Crippen molar-refractivity contribution in [3.05, 3.63) is 46.8 Å². The number of hydrogen-bond acceptors (Lipinski definition) is 4. The molecule has 0 aliphatic heterocycles. The van der Waals surface area contributed by atoms with Crippen LogP contribution in [0.15, 0.2) is 24.3 Å². The molecular formula is C13H12F2N4O2. The van der Waals surface area contributed by atoms with Crippen LogP contribution in [0.1, 0.15) is 28.9 Å². The number of aromatic nitrogens is 4. The zero-order valence-corrected chi connectivity index (χ0v) is 11.1. The number of benzene rings is 1. The van der Waals surface area contributed by atoms with E-state index >= 15 is 0 Å². The normalized spacial score (nSPS) is 11.4. The van der Waals surface area contributed by atoms with Crippen LogP contribution in [-0.2, 0) is 11.3 Å². The Balaban J connectivity index is 2.37. The molecule has 0 fully saturated rings. The van der Waals surface area contributed by atoms with Crippen molar-refractivity contribution in [1.82, 2.24) is 20.2 Å². The van der Waals surface area contributed by atoms with Crippen LogP contribution >= 0.6 is 0 Å². The van der Waals surface area contributed by atoms with Crippen LogP contribution in [-0.4, -0.2) is 31.3 Å². The number of hydrogen-bond donors (Lipinski definition) is 1. The summed E-state index contributed by atoms with van der Waals surface area (Å²) in [6.07, 6.45) is -0.316. The van der Waals surface area contributed by atoms with E-state index in [1.54, 1.807) is 6.92 Å². The Morgan fingerprint density at radius 2 is 2.24 bits per heavy atom. The lowest BCUT2D eigenvalue weighted by atomic mass is 10.0. The van der Waals surface area contributed by atoms with Crippen molar-refractivity contribution < 1.29 is 18.7 Å². The zero-order valence-electron chi connectivity index (χ0n) is 11.1. The second-order valence-electron chi connectivity index (χ2n) is 4.30. The minimum atomic E-state index is -2.60. The molecule has 2 aromatic rings. The number of halogens is 2. The van der Waals surface area contributed by atoms with Crippen LogP contribution in [0.2, 0.25) is 0 Å². The Hall–Kier alpha value is -2.64. The van der Waals surface area contributed by atoms with Crippen molar-refractivity contribution in [2.75, 3.05) is 0 Å². The summed E-state index contributed by atoms with van der Waals surface area (Å²) in [7, 11) is 0. The molecular weight excluding hydrogens is 282 g/mol. The molecule has 8 heteroatoms. The van der Waals surface area contributed by atoms with Gasteiger partial charge in [0, 0.05) is 11.6 Å². The Morgan fingerprint density at radius 1 is 1.48 bits per heavy atom. The number of aryl methyl sites for hydroxylation is 1. The van der Waals surface area contributed by atoms with E-state index in [9.17, 15) is 13.6 Å². The average molecular weight is 294 g/mol. The molecule has 0 radical (unpaired) electrons. The molecule has 0 saturated heterocycles. The Bertz CT molecular complexity index is 683. The van der Waals surface area contributed by atoms with E-state index in [2.05, 4.69) is 15.4 Å². The number of rotatable bonds is 5. The van der Waals surface area contributed by atoms with E-state index in [4.69, 9.17) is 5.11 Å². The first-order valence-electron chi connectivity index (χ1n) is 6.02. The lowest BCUT2D eigenvalue weighted by Crippen LogP contribution is -2.06. The second-order valence-corrected chi connectivity index (χ2v) is 4.30. The molecule has 0 amide bonds. The number of carbonyl (C=O) groups is 1. The summed E-state index contributed by atoms with van der Waals surface area (Å²) in [4.78, 5) is 11.8. The van der Waals surface area contributed by atoms with Gasteiger partial charge in [0.2, 0.25) is 0 Å². The summed E-state index contributed by atoms with van der Waals surface area (Å²) in [6, 6.07) is 4.01. The van der Waals surface area contributed by atoms with E-state index in [-0.39, 0.29) is 12.1 Å². The highest BCUT2D eigenvalue weighted by molar-refractivity contribution is 5.85. The van der Waals surface area contributed by atoms with E-state index in [1.807, 2.05) is 0 Å². The number of carboxylic acids is 1. The van der Waals surface area contributed by atoms with Crippen molar-refractivity contribution in [1.29, 1.82) is 0 Å². The van der Waals surface area contributed by atoms with Gasteiger partial charge in [-0.3, -0.25) is 0 Å². The highest BCUT2D eigenvalue weighted by Gasteiger charge is 2.11. The lowest BCUT2D eigenvalue weighted by Gasteiger charge is -2.08. The van der Waals surface area contributed by atoms with Gasteiger partial charge in [-0.25, -0.2) is 13.6 Å². The quantitative estimate of drug-likeness (QED) is 0.854. The van der Waals surface area contributed by atoms with E-state index in [0.717, 1.165) is 6.08 Å². The zero-order chi connectivity index (χ0) is 15.4. The lowest BCUT2D eigenvalue weighted by molar-refractivity contribution is -0.131. The van der Waals surface area contributed by atoms with Gasteiger partial charge < -0.3 is 5.11 Å². The first-order valence-corrected chi connectivity index (χ1v) is 6.02. The molecule has 1 aromatic heterocycles. The number of nitrogens with zero attached hydrogens (tertiary/aromatic N) is 4. The highest BCUT2D eigenvalue weighted by Crippen LogP contribution is 2.23. The number of tetrazole rings is 1. The summed E-state index contributed by atoms with van der Waals surface area (Å²) in [5.74, 6) is -0.656. The van der Waals surface area contributed by atoms with Gasteiger partial charge in [0.25, 0.3) is 6.43 Å². The van der Waals surface area contributed by atoms with Crippen LogP contribution < -0.4 is 0 Å². The van der Waals surface area contributed by atoms with Crippen molar-refractivity contribution in [3.63, 3.8) is 0 Å². The van der Waals surface area contributed by atoms with Crippen molar-refractivity contribution in [2.45, 2.75) is 19.9 Å². The molecule has 1 N–H and O–H groups in total. The van der Waals surface area contributed by atoms with Crippen molar-refractivity contribution in [2.24, 2.45) is 0 Å². The predicted octanol–water partition coefficient (Wildman–Crippen LogP) is 2.07. The molecule has 1 aromatic carbocycles. The maximum absolute atomic E-state index is 12.8. The molecule has 0 aliphatic carbocycles. The predicted molar refractivity (Wildman–Crippen MR) is 69.7 cm³/mol. The third-order valence-electron chi connectivity index (χ3n) is 2.69. The van der Waals surface area contributed by atoms with Gasteiger partial charge in [0.05, 0.1) is 6.54 Å². The van der Waals surface area contributed by atoms with Gasteiger partial charge in [-0.1, -0.05) is 12.1 Å². The third-order valence-corrected chi connectivity index (χ3v) is 2.69. The number of alkyl halides is 2. The topological polar surface area (TPSA) is 80.9 Å². The summed E-state index contributed by atoms with van der Waals surface area (Å²) >= 11 is 0. The Labute approximate surface area is 118 Å². The van der Waals surface area contributed by atoms with Crippen LogP contribution in [0.25, 0.3) is 6.08 Å². The molecule has 6 nitrogen and oxygen atoms in total. The molecule has 0 saturated carbocycles. The maximum Gasteiger partial charge on any atom is 0.328 e. The average Bonchev–Trinajstić information content (AvgIpc) is 2.82. The summed E-state index contributed by atoms with van der Waals surface area (Å²) in [6.45, 7) is 1.78. The van der Waals surface area contributed by atoms with E-state index in [0.29, 0.717) is 17.0 Å². The summed E-state index contributed by atoms with van der Waals surface area (Å²) in [5.41, 5.74) is 0.855. The molecule has 110 valence electrons. The molecule has 0 aliphatic rings. The smallest absolute Gasteiger partial charge is 0.328 e. The summed E-state index contributed by atoms with van der Waals surface area (Å²) in [5, 5.41) is 20.1. The standard InChI is InChI=1S/C13H12F2N4O2/c1-8-16-18-19(17-8)7-11-6-10(13(14)15)3-2-9(11)4-5-12(20)21/h2-6,13H,7H2,1H3,(H,20,21). The van der Waals surface area contributed by atoms with Crippen LogP contribution in [0, 0.1) is 6.92 Å². The monoisotopic (exact) mass is 294 g/mol. The Morgan fingerprint density at radius 3 is 2.81 bits per heavy atom. The first-order chi connectivity index (χ1) is 9.95. The fourth-order valence-corrected chi connectivity index (χ4v) is 1.76. The fraction of sp³-hybridized carbons (Fsp3) is 0.231. The van der Waals surface area contributed by atoms with Crippen LogP contribution in [0.5, 0.6) is 0 Å². The van der Waals surface area contributed by atoms with Gasteiger partial charge >= 0.3 is 5.97 Å². The van der Waals surface area contributed by atoms with E-state index in [1.165, 1.54) is 29.1 Å². The second kappa shape index (κ2) is 6.21. The van der Waals surface area contributed by atoms with Crippen LogP contribution in [0.4, 0.5) is 8.78 Å². The highest BCUT2D eigenvalue weighted by atomic mass is 19.3. The van der Waals surface area contributed by atoms with Gasteiger partial charge in [-0.15, -0.1) is 10.2 Å². The molecule has 2 rings (SSSR count). The molecule has 0 unspecified atom stereocenters. The molecule has 0 atom stereocenters. The Kier molecular flexibility index (Phi) is 4.36. The molecule has 1 heterocycles. The van der Waals surface area contributed by atoms with E-state index < -0.39 is 12.4 Å². The fourth-order valence-electron chi connectivity index (χ4n) is 1.76. The maximum atomic E-state index is 12.8. The molecule has 0 bridgehead atoms. The van der Waals surface area contributed by atoms with Gasteiger partial charge in [0.15, 0.2) is 5.82 Å². The number of carboxylic acid groups (broad SMARTS) is 1. The van der Waals surface area contributed by atoms with Crippen molar-refractivity contribution >= 4 is 12.0 Å². The molecule has 0 spiro atoms. The molecule has 21 heavy (non-hydrogen) atoms. The van der Waals surface area contributed by atoms with Gasteiger partial charge in [-0.05, 0) is 35.4 Å². The SMILES string of the molecule is Cc1nnn(Cc2cc(C(F)F)ccc2C=CC(=O)O)n1. The largest absolute Gasteiger partial charge is 0.478 e. The minimum absolute atomic E-state index is 0.126. The third kappa shape index (κ3) is 3.91. The minimum Gasteiger partial charge on any atom is -0.478 e. The van der Waals surface area contributed by atoms with Crippen molar-refractivity contribution in [3.8, 4) is 0 Å².